The van der Waals surface area contributed by atoms with Gasteiger partial charge in [-0.05, 0) is 50.6 Å². The minimum atomic E-state index is -0.505. The Labute approximate surface area is 110 Å². The van der Waals surface area contributed by atoms with Gasteiger partial charge >= 0.3 is 0 Å². The van der Waals surface area contributed by atoms with Crippen molar-refractivity contribution in [3.8, 4) is 11.8 Å². The second-order valence-electron chi connectivity index (χ2n) is 4.82. The lowest BCUT2D eigenvalue weighted by atomic mass is 10.0. The molecular weight excluding hydrogens is 224 g/mol. The molecule has 3 nitrogen and oxygen atoms in total. The van der Waals surface area contributed by atoms with Gasteiger partial charge in [-0.1, -0.05) is 13.0 Å². The van der Waals surface area contributed by atoms with Gasteiger partial charge in [0.15, 0.2) is 0 Å². The molecule has 0 aromatic heterocycles. The third-order valence-corrected chi connectivity index (χ3v) is 3.16. The lowest BCUT2D eigenvalue weighted by Crippen LogP contribution is -2.42. The molecule has 1 atom stereocenters. The van der Waals surface area contributed by atoms with Gasteiger partial charge in [-0.3, -0.25) is 5.32 Å². The van der Waals surface area contributed by atoms with E-state index in [-0.39, 0.29) is 0 Å². The van der Waals surface area contributed by atoms with Crippen LogP contribution in [-0.2, 0) is 0 Å². The summed E-state index contributed by atoms with van der Waals surface area (Å²) in [7, 11) is 0. The Morgan fingerprint density at radius 3 is 2.61 bits per heavy atom. The zero-order chi connectivity index (χ0) is 13.6. The highest BCUT2D eigenvalue weighted by atomic mass is 16.5. The number of nitrogens with one attached hydrogen (secondary N) is 1. The Bertz CT molecular complexity index is 437. The van der Waals surface area contributed by atoms with Gasteiger partial charge in [0.1, 0.15) is 11.3 Å². The smallest absolute Gasteiger partial charge is 0.119 e. The summed E-state index contributed by atoms with van der Waals surface area (Å²) in [4.78, 5) is 0. The van der Waals surface area contributed by atoms with Gasteiger partial charge in [0, 0.05) is 6.42 Å². The van der Waals surface area contributed by atoms with Crippen LogP contribution in [0.15, 0.2) is 18.2 Å². The molecule has 3 heteroatoms. The summed E-state index contributed by atoms with van der Waals surface area (Å²) in [5.41, 5.74) is 1.98. The molecule has 1 aromatic carbocycles. The molecule has 1 N–H and O–H groups in total. The number of hydrogen-bond donors (Lipinski definition) is 1. The number of nitrogens with zero attached hydrogens (tertiary/aromatic N) is 1. The van der Waals surface area contributed by atoms with Crippen LogP contribution >= 0.6 is 0 Å². The Hall–Kier alpha value is -1.53. The first-order valence-corrected chi connectivity index (χ1v) is 6.37. The molecule has 0 saturated heterocycles. The third-order valence-electron chi connectivity index (χ3n) is 3.16. The predicted octanol–water partition coefficient (Wildman–Crippen LogP) is 2.96. The molecule has 0 bridgehead atoms. The van der Waals surface area contributed by atoms with E-state index in [1.54, 1.807) is 0 Å². The van der Waals surface area contributed by atoms with Crippen LogP contribution in [0.4, 0.5) is 0 Å². The van der Waals surface area contributed by atoms with Gasteiger partial charge < -0.3 is 4.74 Å². The Morgan fingerprint density at radius 2 is 2.06 bits per heavy atom. The molecule has 0 aliphatic rings. The predicted molar refractivity (Wildman–Crippen MR) is 73.7 cm³/mol. The molecule has 0 aliphatic heterocycles. The molecule has 0 fully saturated rings. The van der Waals surface area contributed by atoms with E-state index in [0.717, 1.165) is 12.3 Å². The monoisotopic (exact) mass is 246 g/mol. The normalized spacial score (nSPS) is 13.7. The standard InChI is InChI=1S/C15H22N2O/c1-5-17-15(4,11-16)8-9-18-14-7-6-12(2)13(3)10-14/h6-7,10,17H,5,8-9H2,1-4H3. The summed E-state index contributed by atoms with van der Waals surface area (Å²) in [6, 6.07) is 8.35. The summed E-state index contributed by atoms with van der Waals surface area (Å²) in [5, 5.41) is 12.3. The van der Waals surface area contributed by atoms with Gasteiger partial charge in [-0.15, -0.1) is 0 Å². The van der Waals surface area contributed by atoms with Crippen LogP contribution in [-0.4, -0.2) is 18.7 Å². The Morgan fingerprint density at radius 1 is 1.33 bits per heavy atom. The van der Waals surface area contributed by atoms with E-state index < -0.39 is 5.54 Å². The number of ether oxygens (including phenoxy) is 1. The first-order valence-electron chi connectivity index (χ1n) is 6.37. The molecule has 1 unspecified atom stereocenters. The van der Waals surface area contributed by atoms with Crippen molar-refractivity contribution >= 4 is 0 Å². The quantitative estimate of drug-likeness (QED) is 0.839. The first kappa shape index (κ1) is 14.5. The summed E-state index contributed by atoms with van der Waals surface area (Å²) < 4.78 is 5.69. The number of hydrogen-bond acceptors (Lipinski definition) is 3. The van der Waals surface area contributed by atoms with Crippen LogP contribution < -0.4 is 10.1 Å². The number of rotatable bonds is 6. The van der Waals surface area contributed by atoms with Crippen LogP contribution in [0.5, 0.6) is 5.75 Å². The van der Waals surface area contributed by atoms with Crippen LogP contribution in [0.2, 0.25) is 0 Å². The fraction of sp³-hybridized carbons (Fsp3) is 0.533. The van der Waals surface area contributed by atoms with E-state index in [9.17, 15) is 0 Å². The number of benzene rings is 1. The van der Waals surface area contributed by atoms with Crippen molar-refractivity contribution in [2.45, 2.75) is 39.7 Å². The second kappa shape index (κ2) is 6.42. The van der Waals surface area contributed by atoms with Crippen molar-refractivity contribution in [1.29, 1.82) is 5.26 Å². The average Bonchev–Trinajstić information content (AvgIpc) is 2.34. The SMILES string of the molecule is CCNC(C)(C#N)CCOc1ccc(C)c(C)c1. The lowest BCUT2D eigenvalue weighted by Gasteiger charge is -2.22. The zero-order valence-electron chi connectivity index (χ0n) is 11.7. The van der Waals surface area contributed by atoms with Crippen LogP contribution in [0.25, 0.3) is 0 Å². The van der Waals surface area contributed by atoms with Gasteiger partial charge in [-0.2, -0.15) is 5.26 Å². The molecular formula is C15H22N2O. The van der Waals surface area contributed by atoms with Gasteiger partial charge in [0.05, 0.1) is 12.7 Å². The van der Waals surface area contributed by atoms with Crippen molar-refractivity contribution in [1.82, 2.24) is 5.32 Å². The fourth-order valence-corrected chi connectivity index (χ4v) is 1.75. The summed E-state index contributed by atoms with van der Waals surface area (Å²) in [6.07, 6.45) is 0.671. The number of aryl methyl sites for hydroxylation is 2. The van der Waals surface area contributed by atoms with Gasteiger partial charge in [-0.25, -0.2) is 0 Å². The number of nitriles is 1. The fourth-order valence-electron chi connectivity index (χ4n) is 1.75. The molecule has 0 spiro atoms. The van der Waals surface area contributed by atoms with Crippen molar-refractivity contribution in [2.75, 3.05) is 13.2 Å². The van der Waals surface area contributed by atoms with Gasteiger partial charge in [0.2, 0.25) is 0 Å². The van der Waals surface area contributed by atoms with E-state index in [4.69, 9.17) is 10.00 Å². The van der Waals surface area contributed by atoms with E-state index in [1.807, 2.05) is 26.0 Å². The minimum Gasteiger partial charge on any atom is -0.493 e. The van der Waals surface area contributed by atoms with E-state index in [0.29, 0.717) is 13.0 Å². The Balaban J connectivity index is 2.51. The summed E-state index contributed by atoms with van der Waals surface area (Å²) in [6.45, 7) is 9.38. The van der Waals surface area contributed by atoms with E-state index >= 15 is 0 Å². The summed E-state index contributed by atoms with van der Waals surface area (Å²) >= 11 is 0. The highest BCUT2D eigenvalue weighted by Crippen LogP contribution is 2.17. The highest BCUT2D eigenvalue weighted by molar-refractivity contribution is 5.33. The molecule has 98 valence electrons. The second-order valence-corrected chi connectivity index (χ2v) is 4.82. The van der Waals surface area contributed by atoms with Crippen molar-refractivity contribution in [3.05, 3.63) is 29.3 Å². The molecule has 0 amide bonds. The molecule has 0 saturated carbocycles. The summed E-state index contributed by atoms with van der Waals surface area (Å²) in [5.74, 6) is 0.870. The maximum atomic E-state index is 9.13. The van der Waals surface area contributed by atoms with Crippen molar-refractivity contribution < 1.29 is 4.74 Å². The average molecular weight is 246 g/mol. The van der Waals surface area contributed by atoms with Gasteiger partial charge in [0.25, 0.3) is 0 Å². The largest absolute Gasteiger partial charge is 0.493 e. The maximum absolute atomic E-state index is 9.13. The van der Waals surface area contributed by atoms with E-state index in [2.05, 4.69) is 31.3 Å². The maximum Gasteiger partial charge on any atom is 0.119 e. The molecule has 1 rings (SSSR count). The Kier molecular flexibility index (Phi) is 5.18. The van der Waals surface area contributed by atoms with Crippen LogP contribution in [0, 0.1) is 25.2 Å². The molecule has 0 heterocycles. The van der Waals surface area contributed by atoms with Crippen molar-refractivity contribution in [3.63, 3.8) is 0 Å². The topological polar surface area (TPSA) is 45.0 Å². The van der Waals surface area contributed by atoms with Crippen LogP contribution in [0.3, 0.4) is 0 Å². The zero-order valence-corrected chi connectivity index (χ0v) is 11.7. The minimum absolute atomic E-state index is 0.505. The highest BCUT2D eigenvalue weighted by Gasteiger charge is 2.21. The molecule has 0 radical (unpaired) electrons. The first-order chi connectivity index (χ1) is 8.50. The third kappa shape index (κ3) is 4.05. The molecule has 18 heavy (non-hydrogen) atoms. The van der Waals surface area contributed by atoms with Crippen LogP contribution in [0.1, 0.15) is 31.4 Å². The van der Waals surface area contributed by atoms with E-state index in [1.165, 1.54) is 11.1 Å². The lowest BCUT2D eigenvalue weighted by molar-refractivity contribution is 0.268. The van der Waals surface area contributed by atoms with Crippen molar-refractivity contribution in [2.24, 2.45) is 0 Å². The molecule has 0 aliphatic carbocycles. The molecule has 1 aromatic rings.